The summed E-state index contributed by atoms with van der Waals surface area (Å²) in [6, 6.07) is 30.3. The van der Waals surface area contributed by atoms with Gasteiger partial charge in [0.15, 0.2) is 0 Å². The molecule has 0 N–H and O–H groups in total. The summed E-state index contributed by atoms with van der Waals surface area (Å²) in [5.74, 6) is 0.248. The lowest BCUT2D eigenvalue weighted by Crippen LogP contribution is -2.16. The number of aliphatic imine (C=N–C) groups is 1. The number of dihydropyridines is 1. The molecule has 1 aliphatic heterocycles. The molecule has 3 aromatic carbocycles. The Balaban J connectivity index is 1.08. The number of hydrogen-bond acceptors (Lipinski definition) is 5. The lowest BCUT2D eigenvalue weighted by atomic mass is 9.85. The zero-order valence-corrected chi connectivity index (χ0v) is 26.0. The summed E-state index contributed by atoms with van der Waals surface area (Å²) in [4.78, 5) is 25.1. The predicted octanol–water partition coefficient (Wildman–Crippen LogP) is 9.69. The first-order valence-corrected chi connectivity index (χ1v) is 16.2. The van der Waals surface area contributed by atoms with Gasteiger partial charge in [-0.15, -0.1) is 0 Å². The number of aromatic nitrogens is 4. The van der Waals surface area contributed by atoms with Crippen molar-refractivity contribution in [2.45, 2.75) is 25.3 Å². The number of rotatable bonds is 2. The molecule has 3 aliphatic rings. The first kappa shape index (κ1) is 26.4. The summed E-state index contributed by atoms with van der Waals surface area (Å²) in [7, 11) is 0. The zero-order valence-electron chi connectivity index (χ0n) is 26.0. The predicted molar refractivity (Wildman–Crippen MR) is 191 cm³/mol. The van der Waals surface area contributed by atoms with Crippen molar-refractivity contribution in [3.63, 3.8) is 0 Å². The van der Waals surface area contributed by atoms with Crippen molar-refractivity contribution in [3.05, 3.63) is 138 Å². The van der Waals surface area contributed by atoms with Gasteiger partial charge in [0.2, 0.25) is 0 Å². The van der Waals surface area contributed by atoms with Gasteiger partial charge < -0.3 is 0 Å². The molecule has 5 heteroatoms. The van der Waals surface area contributed by atoms with E-state index in [1.807, 2.05) is 30.8 Å². The molecule has 47 heavy (non-hydrogen) atoms. The molecule has 222 valence electrons. The van der Waals surface area contributed by atoms with Crippen molar-refractivity contribution in [1.29, 1.82) is 0 Å². The molecule has 0 amide bonds. The number of hydrogen-bond donors (Lipinski definition) is 0. The lowest BCUT2D eigenvalue weighted by Gasteiger charge is -2.25. The minimum atomic E-state index is -0.183. The van der Waals surface area contributed by atoms with E-state index in [0.29, 0.717) is 0 Å². The molecule has 2 atom stereocenters. The molecule has 0 saturated heterocycles. The van der Waals surface area contributed by atoms with E-state index in [0.717, 1.165) is 61.3 Å². The van der Waals surface area contributed by atoms with Crippen LogP contribution in [0.4, 0.5) is 0 Å². The van der Waals surface area contributed by atoms with E-state index in [9.17, 15) is 0 Å². The summed E-state index contributed by atoms with van der Waals surface area (Å²) in [5.41, 5.74) is 12.5. The molecular formula is C42H29N5. The van der Waals surface area contributed by atoms with Crippen LogP contribution in [0.3, 0.4) is 0 Å². The van der Waals surface area contributed by atoms with Crippen LogP contribution in [0, 0.1) is 5.92 Å². The molecule has 5 heterocycles. The Kier molecular flexibility index (Phi) is 5.39. The first-order valence-electron chi connectivity index (χ1n) is 16.2. The first-order chi connectivity index (χ1) is 23.0. The van der Waals surface area contributed by atoms with Gasteiger partial charge in [0.1, 0.15) is 6.04 Å². The Morgan fingerprint density at radius 2 is 1.43 bits per heavy atom. The quantitative estimate of drug-likeness (QED) is 0.185. The maximum atomic E-state index is 5.41. The minimum Gasteiger partial charge on any atom is -0.282 e. The van der Waals surface area contributed by atoms with Crippen LogP contribution in [0.2, 0.25) is 0 Å². The maximum Gasteiger partial charge on any atom is 0.102 e. The molecule has 10 rings (SSSR count). The SMILES string of the molecule is CC1(C)c2ccccc2-c2cc3c4ccccc4c4cc(-c5ccc(-c6ccc7c(n6)[C@@H]6N=CC=CC6C=C7)nc5)cnc4c3nc21. The molecule has 0 saturated carbocycles. The molecule has 0 fully saturated rings. The summed E-state index contributed by atoms with van der Waals surface area (Å²) in [6.45, 7) is 4.55. The highest BCUT2D eigenvalue weighted by Crippen LogP contribution is 2.49. The van der Waals surface area contributed by atoms with E-state index in [1.54, 1.807) is 0 Å². The second-order valence-electron chi connectivity index (χ2n) is 13.3. The zero-order chi connectivity index (χ0) is 31.3. The van der Waals surface area contributed by atoms with E-state index in [1.165, 1.54) is 27.5 Å². The van der Waals surface area contributed by atoms with Crippen molar-refractivity contribution in [2.75, 3.05) is 0 Å². The van der Waals surface area contributed by atoms with E-state index >= 15 is 0 Å². The van der Waals surface area contributed by atoms with Gasteiger partial charge in [-0.25, -0.2) is 9.97 Å². The van der Waals surface area contributed by atoms with Gasteiger partial charge >= 0.3 is 0 Å². The molecule has 7 aromatic rings. The highest BCUT2D eigenvalue weighted by atomic mass is 14.9. The number of fused-ring (bicyclic) bond motifs is 12. The topological polar surface area (TPSA) is 63.9 Å². The van der Waals surface area contributed by atoms with E-state index in [-0.39, 0.29) is 17.4 Å². The van der Waals surface area contributed by atoms with Gasteiger partial charge in [0.05, 0.1) is 33.8 Å². The van der Waals surface area contributed by atoms with Gasteiger partial charge in [-0.05, 0) is 57.8 Å². The van der Waals surface area contributed by atoms with Gasteiger partial charge in [-0.3, -0.25) is 15.0 Å². The highest BCUT2D eigenvalue weighted by molar-refractivity contribution is 6.24. The summed E-state index contributed by atoms with van der Waals surface area (Å²) < 4.78 is 0. The minimum absolute atomic E-state index is 0.0192. The van der Waals surface area contributed by atoms with Crippen LogP contribution in [-0.2, 0) is 5.41 Å². The maximum absolute atomic E-state index is 5.41. The third-order valence-electron chi connectivity index (χ3n) is 10.3. The van der Waals surface area contributed by atoms with Crippen LogP contribution in [0.25, 0.3) is 72.3 Å². The van der Waals surface area contributed by atoms with E-state index < -0.39 is 0 Å². The van der Waals surface area contributed by atoms with Crippen molar-refractivity contribution >= 4 is 44.9 Å². The molecule has 1 unspecified atom stereocenters. The third kappa shape index (κ3) is 3.80. The Morgan fingerprint density at radius 3 is 2.28 bits per heavy atom. The van der Waals surface area contributed by atoms with E-state index in [4.69, 9.17) is 24.9 Å². The summed E-state index contributed by atoms with van der Waals surface area (Å²) in [5, 5.41) is 4.59. The largest absolute Gasteiger partial charge is 0.282 e. The molecule has 0 radical (unpaired) electrons. The number of nitrogens with zero attached hydrogens (tertiary/aromatic N) is 5. The van der Waals surface area contributed by atoms with Crippen LogP contribution in [0.15, 0.2) is 121 Å². The fourth-order valence-electron chi connectivity index (χ4n) is 7.83. The molecule has 2 aliphatic carbocycles. The van der Waals surface area contributed by atoms with Crippen LogP contribution in [-0.4, -0.2) is 26.2 Å². The lowest BCUT2D eigenvalue weighted by molar-refractivity contribution is 0.594. The van der Waals surface area contributed by atoms with Gasteiger partial charge in [-0.1, -0.05) is 92.7 Å². The van der Waals surface area contributed by atoms with E-state index in [2.05, 4.69) is 111 Å². The second kappa shape index (κ2) is 9.60. The van der Waals surface area contributed by atoms with Gasteiger partial charge in [0, 0.05) is 57.4 Å². The highest BCUT2D eigenvalue weighted by Gasteiger charge is 2.37. The molecular weight excluding hydrogens is 574 g/mol. The Morgan fingerprint density at radius 1 is 0.638 bits per heavy atom. The van der Waals surface area contributed by atoms with Crippen LogP contribution in [0.1, 0.15) is 42.4 Å². The average molecular weight is 604 g/mol. The van der Waals surface area contributed by atoms with Crippen LogP contribution < -0.4 is 0 Å². The Hall–Kier alpha value is -5.81. The number of pyridine rings is 4. The van der Waals surface area contributed by atoms with Crippen LogP contribution in [0.5, 0.6) is 0 Å². The molecule has 4 aromatic heterocycles. The van der Waals surface area contributed by atoms with Gasteiger partial charge in [-0.2, -0.15) is 0 Å². The standard InChI is InChI=1S/C42H29N5/c1-42(2)34-12-6-5-11-30(34)33-21-32-29-10-4-3-9-28(29)31-20-27(23-45-39(31)40(32)47-41(33)42)26-16-17-35(44-22-26)36-18-15-25-14-13-24-8-7-19-43-37(24)38(25)46-36/h3-24,37H,1-2H3/t24?,37-/m1/s1. The smallest absolute Gasteiger partial charge is 0.102 e. The van der Waals surface area contributed by atoms with Crippen molar-refractivity contribution in [1.82, 2.24) is 19.9 Å². The van der Waals surface area contributed by atoms with Crippen molar-refractivity contribution < 1.29 is 0 Å². The van der Waals surface area contributed by atoms with Crippen LogP contribution >= 0.6 is 0 Å². The summed E-state index contributed by atoms with van der Waals surface area (Å²) in [6.07, 6.45) is 14.3. The Labute approximate surface area is 272 Å². The number of benzene rings is 3. The normalized spacial score (nSPS) is 18.3. The fourth-order valence-corrected chi connectivity index (χ4v) is 7.83. The number of allylic oxidation sites excluding steroid dienone is 1. The monoisotopic (exact) mass is 603 g/mol. The fraction of sp³-hybridized carbons (Fsp3) is 0.119. The molecule has 5 nitrogen and oxygen atoms in total. The Bertz CT molecular complexity index is 2560. The second-order valence-corrected chi connectivity index (χ2v) is 13.3. The molecule has 0 bridgehead atoms. The van der Waals surface area contributed by atoms with Gasteiger partial charge in [0.25, 0.3) is 0 Å². The third-order valence-corrected chi connectivity index (χ3v) is 10.3. The average Bonchev–Trinajstić information content (AvgIpc) is 3.36. The summed E-state index contributed by atoms with van der Waals surface area (Å²) >= 11 is 0. The molecule has 0 spiro atoms. The van der Waals surface area contributed by atoms with Crippen molar-refractivity contribution in [3.8, 4) is 33.6 Å². The van der Waals surface area contributed by atoms with Crippen molar-refractivity contribution in [2.24, 2.45) is 10.9 Å².